The molecule has 2 aliphatic rings. The van der Waals surface area contributed by atoms with Crippen molar-refractivity contribution in [2.45, 2.75) is 29.0 Å². The number of rotatable bonds is 0. The van der Waals surface area contributed by atoms with Crippen LogP contribution in [-0.2, 0) is 9.84 Å². The Balaban J connectivity index is 2.28. The van der Waals surface area contributed by atoms with E-state index in [1.165, 1.54) is 0 Å². The fourth-order valence-corrected chi connectivity index (χ4v) is 4.69. The van der Waals surface area contributed by atoms with Crippen LogP contribution in [-0.4, -0.2) is 26.3 Å². The summed E-state index contributed by atoms with van der Waals surface area (Å²) in [6, 6.07) is 8.80. The number of para-hydroxylation sites is 1. The van der Waals surface area contributed by atoms with Gasteiger partial charge in [-0.3, -0.25) is 0 Å². The molecule has 88 valence electrons. The van der Waals surface area contributed by atoms with E-state index >= 15 is 0 Å². The summed E-state index contributed by atoms with van der Waals surface area (Å²) in [5.74, 6) is 0. The largest absolute Gasteiger partial charge is 0.365 e. The van der Waals surface area contributed by atoms with Crippen molar-refractivity contribution >= 4 is 15.5 Å². The molecule has 1 aromatic carbocycles. The van der Waals surface area contributed by atoms with Gasteiger partial charge < -0.3 is 4.90 Å². The summed E-state index contributed by atoms with van der Waals surface area (Å²) >= 11 is 0. The van der Waals surface area contributed by atoms with E-state index in [-0.39, 0.29) is 6.04 Å². The molecule has 0 N–H and O–H groups in total. The van der Waals surface area contributed by atoms with Gasteiger partial charge in [0.2, 0.25) is 0 Å². The first-order valence-corrected chi connectivity index (χ1v) is 7.20. The Morgan fingerprint density at radius 3 is 2.88 bits per heavy atom. The first-order valence-electron chi connectivity index (χ1n) is 5.65. The van der Waals surface area contributed by atoms with Gasteiger partial charge in [0, 0.05) is 6.54 Å². The van der Waals surface area contributed by atoms with Crippen LogP contribution < -0.4 is 4.90 Å². The molecule has 2 atom stereocenters. The highest BCUT2D eigenvalue weighted by Gasteiger charge is 2.46. The molecule has 2 heterocycles. The van der Waals surface area contributed by atoms with E-state index in [2.05, 4.69) is 4.90 Å². The molecule has 3 rings (SSSR count). The van der Waals surface area contributed by atoms with Crippen LogP contribution in [0.4, 0.5) is 5.69 Å². The third kappa shape index (κ3) is 1.31. The van der Waals surface area contributed by atoms with Crippen molar-refractivity contribution < 1.29 is 8.42 Å². The smallest absolute Gasteiger partial charge is 0.198 e. The Hall–Kier alpha value is -1.54. The minimum atomic E-state index is -3.49. The van der Waals surface area contributed by atoms with Gasteiger partial charge in [-0.1, -0.05) is 12.1 Å². The maximum atomic E-state index is 12.3. The fraction of sp³-hybridized carbons (Fsp3) is 0.417. The molecular formula is C12H12N2O2S. The Morgan fingerprint density at radius 2 is 2.12 bits per heavy atom. The third-order valence-corrected chi connectivity index (χ3v) is 5.64. The molecule has 4 nitrogen and oxygen atoms in total. The van der Waals surface area contributed by atoms with E-state index in [0.29, 0.717) is 4.90 Å². The van der Waals surface area contributed by atoms with E-state index in [0.717, 1.165) is 25.1 Å². The van der Waals surface area contributed by atoms with Gasteiger partial charge in [-0.2, -0.15) is 5.26 Å². The molecule has 0 aromatic heterocycles. The zero-order valence-electron chi connectivity index (χ0n) is 9.20. The van der Waals surface area contributed by atoms with Gasteiger partial charge in [0.25, 0.3) is 0 Å². The van der Waals surface area contributed by atoms with Gasteiger partial charge >= 0.3 is 0 Å². The van der Waals surface area contributed by atoms with Crippen molar-refractivity contribution in [2.75, 3.05) is 11.4 Å². The predicted molar refractivity (Wildman–Crippen MR) is 63.4 cm³/mol. The molecule has 1 saturated heterocycles. The number of benzene rings is 1. The predicted octanol–water partition coefficient (Wildman–Crippen LogP) is 1.33. The first-order chi connectivity index (χ1) is 8.16. The molecule has 0 amide bonds. The highest BCUT2D eigenvalue weighted by Crippen LogP contribution is 2.40. The number of hydrogen-bond donors (Lipinski definition) is 0. The lowest BCUT2D eigenvalue weighted by Crippen LogP contribution is -2.47. The van der Waals surface area contributed by atoms with Gasteiger partial charge in [0.05, 0.1) is 22.7 Å². The van der Waals surface area contributed by atoms with Crippen LogP contribution in [0.1, 0.15) is 12.8 Å². The molecule has 17 heavy (non-hydrogen) atoms. The normalized spacial score (nSPS) is 29.2. The molecular weight excluding hydrogens is 236 g/mol. The number of nitrogens with zero attached hydrogens (tertiary/aromatic N) is 2. The summed E-state index contributed by atoms with van der Waals surface area (Å²) in [5.41, 5.74) is 0.765. The van der Waals surface area contributed by atoms with Crippen molar-refractivity contribution in [3.63, 3.8) is 0 Å². The Labute approximate surface area is 100 Å². The summed E-state index contributed by atoms with van der Waals surface area (Å²) in [5, 5.41) is 8.23. The molecule has 5 heteroatoms. The second kappa shape index (κ2) is 3.47. The van der Waals surface area contributed by atoms with E-state index in [1.54, 1.807) is 12.1 Å². The van der Waals surface area contributed by atoms with Crippen LogP contribution in [0.3, 0.4) is 0 Å². The molecule has 1 fully saturated rings. The van der Waals surface area contributed by atoms with Crippen LogP contribution >= 0.6 is 0 Å². The Morgan fingerprint density at radius 1 is 1.35 bits per heavy atom. The number of fused-ring (bicyclic) bond motifs is 3. The van der Waals surface area contributed by atoms with Crippen molar-refractivity contribution in [3.8, 4) is 6.07 Å². The number of nitriles is 1. The summed E-state index contributed by atoms with van der Waals surface area (Å²) < 4.78 is 24.7. The first kappa shape index (κ1) is 10.6. The lowest BCUT2D eigenvalue weighted by atomic mass is 10.1. The average Bonchev–Trinajstić information content (AvgIpc) is 2.78. The molecule has 0 spiro atoms. The van der Waals surface area contributed by atoms with Crippen LogP contribution in [0, 0.1) is 11.3 Å². The van der Waals surface area contributed by atoms with Crippen LogP contribution in [0.25, 0.3) is 0 Å². The summed E-state index contributed by atoms with van der Waals surface area (Å²) in [4.78, 5) is 2.38. The number of hydrogen-bond acceptors (Lipinski definition) is 4. The molecule has 0 radical (unpaired) electrons. The molecule has 0 saturated carbocycles. The Kier molecular flexibility index (Phi) is 2.17. The van der Waals surface area contributed by atoms with Crippen molar-refractivity contribution in [2.24, 2.45) is 0 Å². The Bertz CT molecular complexity index is 603. The van der Waals surface area contributed by atoms with Gasteiger partial charge in [-0.05, 0) is 25.0 Å². The quantitative estimate of drug-likeness (QED) is 0.695. The highest BCUT2D eigenvalue weighted by atomic mass is 32.2. The zero-order valence-corrected chi connectivity index (χ0v) is 10.0. The summed E-state index contributed by atoms with van der Waals surface area (Å²) in [7, 11) is -3.49. The van der Waals surface area contributed by atoms with E-state index in [9.17, 15) is 8.42 Å². The SMILES string of the molecule is N#CC1C2CCCN2c2ccccc2S1(=O)=O. The summed E-state index contributed by atoms with van der Waals surface area (Å²) in [6.45, 7) is 0.843. The van der Waals surface area contributed by atoms with Gasteiger partial charge in [0.15, 0.2) is 15.1 Å². The number of anilines is 1. The molecule has 0 bridgehead atoms. The number of sulfone groups is 1. The van der Waals surface area contributed by atoms with Gasteiger partial charge in [0.1, 0.15) is 0 Å². The van der Waals surface area contributed by atoms with E-state index in [4.69, 9.17) is 5.26 Å². The maximum Gasteiger partial charge on any atom is 0.198 e. The topological polar surface area (TPSA) is 61.2 Å². The fourth-order valence-electron chi connectivity index (χ4n) is 2.84. The monoisotopic (exact) mass is 248 g/mol. The van der Waals surface area contributed by atoms with E-state index < -0.39 is 15.1 Å². The second-order valence-electron chi connectivity index (χ2n) is 4.47. The molecule has 0 aliphatic carbocycles. The maximum absolute atomic E-state index is 12.3. The second-order valence-corrected chi connectivity index (χ2v) is 6.50. The zero-order chi connectivity index (χ0) is 12.0. The molecule has 2 aliphatic heterocycles. The average molecular weight is 248 g/mol. The van der Waals surface area contributed by atoms with E-state index in [1.807, 2.05) is 18.2 Å². The molecule has 2 unspecified atom stereocenters. The van der Waals surface area contributed by atoms with Gasteiger partial charge in [-0.15, -0.1) is 0 Å². The van der Waals surface area contributed by atoms with Crippen LogP contribution in [0.2, 0.25) is 0 Å². The van der Waals surface area contributed by atoms with Crippen molar-refractivity contribution in [1.29, 1.82) is 5.26 Å². The van der Waals surface area contributed by atoms with Gasteiger partial charge in [-0.25, -0.2) is 8.42 Å². The van der Waals surface area contributed by atoms with Crippen molar-refractivity contribution in [3.05, 3.63) is 24.3 Å². The lowest BCUT2D eigenvalue weighted by Gasteiger charge is -2.36. The molecule has 1 aromatic rings. The summed E-state index contributed by atoms with van der Waals surface area (Å²) in [6.07, 6.45) is 1.73. The minimum absolute atomic E-state index is 0.167. The van der Waals surface area contributed by atoms with Crippen LogP contribution in [0.5, 0.6) is 0 Å². The van der Waals surface area contributed by atoms with Crippen molar-refractivity contribution in [1.82, 2.24) is 0 Å². The standard InChI is InChI=1S/C12H12N2O2S/c13-8-12-10-5-3-7-14(10)9-4-1-2-6-11(9)17(12,15)16/h1-2,4,6,10,12H,3,5,7H2. The third-order valence-electron chi connectivity index (χ3n) is 3.59. The van der Waals surface area contributed by atoms with Crippen LogP contribution in [0.15, 0.2) is 29.2 Å². The lowest BCUT2D eigenvalue weighted by molar-refractivity contribution is 0.560. The highest BCUT2D eigenvalue weighted by molar-refractivity contribution is 7.92. The minimum Gasteiger partial charge on any atom is -0.365 e.